The van der Waals surface area contributed by atoms with Gasteiger partial charge in [0.05, 0.1) is 10.6 Å². The van der Waals surface area contributed by atoms with Crippen molar-refractivity contribution in [1.82, 2.24) is 14.3 Å². The van der Waals surface area contributed by atoms with E-state index in [-0.39, 0.29) is 16.6 Å². The highest BCUT2D eigenvalue weighted by molar-refractivity contribution is 7.89. The molecule has 1 aromatic heterocycles. The molecule has 1 aliphatic heterocycles. The third-order valence-electron chi connectivity index (χ3n) is 5.52. The second-order valence-corrected chi connectivity index (χ2v) is 9.80. The smallest absolute Gasteiger partial charge is 0.243 e. The van der Waals surface area contributed by atoms with Crippen LogP contribution in [0, 0.1) is 5.82 Å². The maximum Gasteiger partial charge on any atom is 0.243 e. The maximum atomic E-state index is 14.6. The highest BCUT2D eigenvalue weighted by atomic mass is 32.2. The lowest BCUT2D eigenvalue weighted by Crippen LogP contribution is -2.39. The highest BCUT2D eigenvalue weighted by Gasteiger charge is 2.33. The molecule has 0 spiro atoms. The maximum absolute atomic E-state index is 14.6. The number of benzene rings is 2. The minimum absolute atomic E-state index is 0.163. The molecule has 0 N–H and O–H groups in total. The van der Waals surface area contributed by atoms with Gasteiger partial charge in [-0.15, -0.1) is 0 Å². The summed E-state index contributed by atoms with van der Waals surface area (Å²) in [6.45, 7) is 0.747. The van der Waals surface area contributed by atoms with Crippen molar-refractivity contribution >= 4 is 16.0 Å². The lowest BCUT2D eigenvalue weighted by molar-refractivity contribution is 0.313. The molecule has 0 amide bonds. The van der Waals surface area contributed by atoms with Gasteiger partial charge in [0.15, 0.2) is 0 Å². The van der Waals surface area contributed by atoms with E-state index in [2.05, 4.69) is 4.98 Å². The van der Waals surface area contributed by atoms with Gasteiger partial charge in [-0.3, -0.25) is 0 Å². The van der Waals surface area contributed by atoms with E-state index in [0.717, 1.165) is 6.42 Å². The number of piperidine rings is 1. The zero-order valence-electron chi connectivity index (χ0n) is 17.6. The predicted molar refractivity (Wildman–Crippen MR) is 119 cm³/mol. The predicted octanol–water partition coefficient (Wildman–Crippen LogP) is 3.92. The summed E-state index contributed by atoms with van der Waals surface area (Å²) in [5.41, 5.74) is 1.70. The molecular weight excluding hydrogens is 415 g/mol. The lowest BCUT2D eigenvalue weighted by Gasteiger charge is -2.32. The standard InChI is InChI=1S/C23H25FN4O2S/c1-27(2)23-25-15-20(19-12-6-7-13-21(19)24)22(26-23)17-9-8-14-28(16-17)31(29,30)18-10-4-3-5-11-18/h3-7,10-13,15,17H,8-9,14,16H2,1-2H3. The van der Waals surface area contributed by atoms with E-state index in [1.807, 2.05) is 14.1 Å². The van der Waals surface area contributed by atoms with Crippen LogP contribution in [0.3, 0.4) is 0 Å². The summed E-state index contributed by atoms with van der Waals surface area (Å²) in [6.07, 6.45) is 3.11. The minimum Gasteiger partial charge on any atom is -0.347 e. The van der Waals surface area contributed by atoms with Crippen molar-refractivity contribution in [3.05, 3.63) is 72.3 Å². The number of aromatic nitrogens is 2. The second-order valence-electron chi connectivity index (χ2n) is 7.86. The van der Waals surface area contributed by atoms with Gasteiger partial charge in [-0.05, 0) is 31.0 Å². The van der Waals surface area contributed by atoms with Gasteiger partial charge in [-0.2, -0.15) is 4.31 Å². The summed E-state index contributed by atoms with van der Waals surface area (Å²) in [4.78, 5) is 11.2. The molecule has 6 nitrogen and oxygen atoms in total. The van der Waals surface area contributed by atoms with E-state index in [9.17, 15) is 12.8 Å². The largest absolute Gasteiger partial charge is 0.347 e. The van der Waals surface area contributed by atoms with Gasteiger partial charge in [0, 0.05) is 50.4 Å². The average Bonchev–Trinajstić information content (AvgIpc) is 2.80. The Hall–Kier alpha value is -2.84. The van der Waals surface area contributed by atoms with E-state index < -0.39 is 10.0 Å². The van der Waals surface area contributed by atoms with Gasteiger partial charge in [0.1, 0.15) is 5.82 Å². The third kappa shape index (κ3) is 4.31. The highest BCUT2D eigenvalue weighted by Crippen LogP contribution is 2.36. The molecule has 0 aliphatic carbocycles. The summed E-state index contributed by atoms with van der Waals surface area (Å²) >= 11 is 0. The van der Waals surface area contributed by atoms with Crippen LogP contribution < -0.4 is 4.90 Å². The summed E-state index contributed by atoms with van der Waals surface area (Å²) in [5.74, 6) is -0.00352. The van der Waals surface area contributed by atoms with Crippen molar-refractivity contribution in [1.29, 1.82) is 0 Å². The molecule has 162 valence electrons. The Labute approximate surface area is 182 Å². The minimum atomic E-state index is -3.61. The molecule has 1 atom stereocenters. The normalized spacial score (nSPS) is 17.5. The van der Waals surface area contributed by atoms with Gasteiger partial charge in [0.2, 0.25) is 16.0 Å². The Bertz CT molecular complexity index is 1170. The zero-order valence-corrected chi connectivity index (χ0v) is 18.4. The number of sulfonamides is 1. The van der Waals surface area contributed by atoms with Crippen molar-refractivity contribution < 1.29 is 12.8 Å². The van der Waals surface area contributed by atoms with E-state index in [1.165, 1.54) is 10.4 Å². The number of hydrogen-bond donors (Lipinski definition) is 0. The van der Waals surface area contributed by atoms with Gasteiger partial charge >= 0.3 is 0 Å². The average molecular weight is 441 g/mol. The van der Waals surface area contributed by atoms with Crippen molar-refractivity contribution in [2.75, 3.05) is 32.1 Å². The Morgan fingerprint density at radius 1 is 1.03 bits per heavy atom. The molecular formula is C23H25FN4O2S. The first-order valence-electron chi connectivity index (χ1n) is 10.2. The molecule has 1 saturated heterocycles. The van der Waals surface area contributed by atoms with Crippen LogP contribution in [0.5, 0.6) is 0 Å². The molecule has 3 aromatic rings. The van der Waals surface area contributed by atoms with E-state index in [1.54, 1.807) is 59.6 Å². The Morgan fingerprint density at radius 2 is 1.74 bits per heavy atom. The fourth-order valence-electron chi connectivity index (χ4n) is 3.92. The summed E-state index contributed by atoms with van der Waals surface area (Å²) in [5, 5.41) is 0. The SMILES string of the molecule is CN(C)c1ncc(-c2ccccc2F)c(C2CCCN(S(=O)(=O)c3ccccc3)C2)n1. The number of nitrogens with zero attached hydrogens (tertiary/aromatic N) is 4. The molecule has 0 saturated carbocycles. The van der Waals surface area contributed by atoms with Crippen LogP contribution in [-0.2, 0) is 10.0 Å². The first kappa shape index (κ1) is 21.4. The van der Waals surface area contributed by atoms with Gasteiger partial charge in [-0.1, -0.05) is 36.4 Å². The van der Waals surface area contributed by atoms with Crippen molar-refractivity contribution in [2.45, 2.75) is 23.7 Å². The molecule has 8 heteroatoms. The number of anilines is 1. The number of hydrogen-bond acceptors (Lipinski definition) is 5. The Balaban J connectivity index is 1.74. The molecule has 1 fully saturated rings. The first-order chi connectivity index (χ1) is 14.9. The summed E-state index contributed by atoms with van der Waals surface area (Å²) in [7, 11) is 0.0748. The van der Waals surface area contributed by atoms with Crippen molar-refractivity contribution in [3.63, 3.8) is 0 Å². The van der Waals surface area contributed by atoms with E-state index >= 15 is 0 Å². The third-order valence-corrected chi connectivity index (χ3v) is 7.40. The van der Waals surface area contributed by atoms with Gasteiger partial charge in [0.25, 0.3) is 0 Å². The molecule has 4 rings (SSSR count). The van der Waals surface area contributed by atoms with Crippen LogP contribution in [0.2, 0.25) is 0 Å². The lowest BCUT2D eigenvalue weighted by atomic mass is 9.90. The Morgan fingerprint density at radius 3 is 2.45 bits per heavy atom. The van der Waals surface area contributed by atoms with Crippen molar-refractivity contribution in [3.8, 4) is 11.1 Å². The number of rotatable bonds is 5. The number of halogens is 1. The van der Waals surface area contributed by atoms with Crippen LogP contribution in [0.15, 0.2) is 65.7 Å². The summed E-state index contributed by atoms with van der Waals surface area (Å²) < 4.78 is 42.5. The first-order valence-corrected chi connectivity index (χ1v) is 11.7. The van der Waals surface area contributed by atoms with Gasteiger partial charge < -0.3 is 4.90 Å². The molecule has 1 unspecified atom stereocenters. The van der Waals surface area contributed by atoms with E-state index in [4.69, 9.17) is 4.98 Å². The molecule has 31 heavy (non-hydrogen) atoms. The summed E-state index contributed by atoms with van der Waals surface area (Å²) in [6, 6.07) is 15.0. The fourth-order valence-corrected chi connectivity index (χ4v) is 5.47. The molecule has 2 aromatic carbocycles. The van der Waals surface area contributed by atoms with Crippen LogP contribution >= 0.6 is 0 Å². The van der Waals surface area contributed by atoms with Crippen LogP contribution in [0.1, 0.15) is 24.5 Å². The Kier molecular flexibility index (Phi) is 6.02. The van der Waals surface area contributed by atoms with Crippen LogP contribution in [0.25, 0.3) is 11.1 Å². The molecule has 1 aliphatic rings. The monoisotopic (exact) mass is 440 g/mol. The van der Waals surface area contributed by atoms with Gasteiger partial charge in [-0.25, -0.2) is 22.8 Å². The molecule has 0 bridgehead atoms. The second kappa shape index (κ2) is 8.72. The molecule has 2 heterocycles. The van der Waals surface area contributed by atoms with E-state index in [0.29, 0.717) is 42.3 Å². The topological polar surface area (TPSA) is 66.4 Å². The van der Waals surface area contributed by atoms with Crippen LogP contribution in [-0.4, -0.2) is 49.9 Å². The quantitative estimate of drug-likeness (QED) is 0.602. The molecule has 0 radical (unpaired) electrons. The zero-order chi connectivity index (χ0) is 22.0. The van der Waals surface area contributed by atoms with Crippen LogP contribution in [0.4, 0.5) is 10.3 Å². The van der Waals surface area contributed by atoms with Crippen molar-refractivity contribution in [2.24, 2.45) is 0 Å². The fraction of sp³-hybridized carbons (Fsp3) is 0.304.